The summed E-state index contributed by atoms with van der Waals surface area (Å²) in [6.07, 6.45) is 5.28. The van der Waals surface area contributed by atoms with Crippen molar-refractivity contribution in [3.8, 4) is 0 Å². The highest BCUT2D eigenvalue weighted by molar-refractivity contribution is 5.84. The molecular formula is C17H22N2O2. The number of carbonyl (C=O) groups excluding carboxylic acids is 1. The molecule has 1 aromatic carbocycles. The molecule has 1 saturated heterocycles. The third kappa shape index (κ3) is 3.27. The minimum atomic E-state index is -0.199. The first-order valence-corrected chi connectivity index (χ1v) is 7.60. The number of aryl methyl sites for hydroxylation is 1. The Morgan fingerprint density at radius 3 is 3.10 bits per heavy atom. The molecule has 1 aliphatic rings. The van der Waals surface area contributed by atoms with Gasteiger partial charge in [-0.25, -0.2) is 0 Å². The number of benzene rings is 1. The van der Waals surface area contributed by atoms with Gasteiger partial charge in [0.25, 0.3) is 0 Å². The molecule has 1 atom stereocenters. The standard InChI is InChI=1S/C17H22N2O2/c1-17(9-4-10-21-12-17)19-16(20)8-7-13-11-18-15-6-3-2-5-14(13)15/h2-3,5-6,11,18H,4,7-10,12H2,1H3,(H,19,20). The second kappa shape index (κ2) is 5.90. The molecule has 2 N–H and O–H groups in total. The molecule has 0 saturated carbocycles. The molecule has 0 aliphatic carbocycles. The zero-order valence-corrected chi connectivity index (χ0v) is 12.4. The van der Waals surface area contributed by atoms with Gasteiger partial charge in [0.2, 0.25) is 5.91 Å². The first kappa shape index (κ1) is 14.1. The van der Waals surface area contributed by atoms with E-state index in [-0.39, 0.29) is 11.4 Å². The van der Waals surface area contributed by atoms with Gasteiger partial charge in [0, 0.05) is 30.1 Å². The van der Waals surface area contributed by atoms with E-state index in [4.69, 9.17) is 4.74 Å². The van der Waals surface area contributed by atoms with E-state index in [1.54, 1.807) is 0 Å². The molecule has 1 aromatic heterocycles. The minimum absolute atomic E-state index is 0.105. The number of hydrogen-bond acceptors (Lipinski definition) is 2. The monoisotopic (exact) mass is 286 g/mol. The number of carbonyl (C=O) groups is 1. The van der Waals surface area contributed by atoms with Crippen molar-refractivity contribution in [2.24, 2.45) is 0 Å². The molecule has 2 heterocycles. The van der Waals surface area contributed by atoms with Crippen LogP contribution in [0, 0.1) is 0 Å². The van der Waals surface area contributed by atoms with Gasteiger partial charge in [0.1, 0.15) is 0 Å². The van der Waals surface area contributed by atoms with Crippen LogP contribution in [0.15, 0.2) is 30.5 Å². The quantitative estimate of drug-likeness (QED) is 0.908. The molecule has 1 aliphatic heterocycles. The normalized spacial score (nSPS) is 22.3. The van der Waals surface area contributed by atoms with Crippen molar-refractivity contribution in [2.75, 3.05) is 13.2 Å². The Bertz CT molecular complexity index is 627. The lowest BCUT2D eigenvalue weighted by Gasteiger charge is -2.34. The van der Waals surface area contributed by atoms with Crippen LogP contribution < -0.4 is 5.32 Å². The third-order valence-electron chi connectivity index (χ3n) is 4.18. The van der Waals surface area contributed by atoms with E-state index in [0.29, 0.717) is 13.0 Å². The van der Waals surface area contributed by atoms with Crippen molar-refractivity contribution in [1.29, 1.82) is 0 Å². The third-order valence-corrected chi connectivity index (χ3v) is 4.18. The number of fused-ring (bicyclic) bond motifs is 1. The number of H-pyrrole nitrogens is 1. The summed E-state index contributed by atoms with van der Waals surface area (Å²) in [4.78, 5) is 15.4. The molecule has 112 valence electrons. The van der Waals surface area contributed by atoms with E-state index in [1.807, 2.05) is 18.3 Å². The van der Waals surface area contributed by atoms with Crippen LogP contribution in [0.3, 0.4) is 0 Å². The first-order chi connectivity index (χ1) is 10.2. The fraction of sp³-hybridized carbons (Fsp3) is 0.471. The van der Waals surface area contributed by atoms with Gasteiger partial charge in [-0.2, -0.15) is 0 Å². The summed E-state index contributed by atoms with van der Waals surface area (Å²) < 4.78 is 5.47. The largest absolute Gasteiger partial charge is 0.379 e. The highest BCUT2D eigenvalue weighted by atomic mass is 16.5. The summed E-state index contributed by atoms with van der Waals surface area (Å²) in [7, 11) is 0. The highest BCUT2D eigenvalue weighted by Gasteiger charge is 2.28. The summed E-state index contributed by atoms with van der Waals surface area (Å²) in [5, 5.41) is 4.34. The molecule has 21 heavy (non-hydrogen) atoms. The molecule has 1 amide bonds. The number of nitrogens with one attached hydrogen (secondary N) is 2. The molecule has 2 aromatic rings. The number of hydrogen-bond donors (Lipinski definition) is 2. The van der Waals surface area contributed by atoms with Crippen molar-refractivity contribution in [1.82, 2.24) is 10.3 Å². The second-order valence-electron chi connectivity index (χ2n) is 6.12. The number of aromatic amines is 1. The number of rotatable bonds is 4. The smallest absolute Gasteiger partial charge is 0.220 e. The fourth-order valence-corrected chi connectivity index (χ4v) is 3.02. The maximum Gasteiger partial charge on any atom is 0.220 e. The molecule has 1 fully saturated rings. The predicted molar refractivity (Wildman–Crippen MR) is 83.2 cm³/mol. The van der Waals surface area contributed by atoms with Crippen LogP contribution in [0.1, 0.15) is 31.7 Å². The van der Waals surface area contributed by atoms with E-state index in [2.05, 4.69) is 29.4 Å². The van der Waals surface area contributed by atoms with E-state index >= 15 is 0 Å². The summed E-state index contributed by atoms with van der Waals surface area (Å²) >= 11 is 0. The molecule has 4 heteroatoms. The Morgan fingerprint density at radius 2 is 2.29 bits per heavy atom. The number of amides is 1. The molecule has 0 spiro atoms. The first-order valence-electron chi connectivity index (χ1n) is 7.60. The maximum absolute atomic E-state index is 12.2. The van der Waals surface area contributed by atoms with Crippen LogP contribution in [-0.4, -0.2) is 29.6 Å². The Kier molecular flexibility index (Phi) is 3.97. The summed E-state index contributed by atoms with van der Waals surface area (Å²) in [5.74, 6) is 0.105. The van der Waals surface area contributed by atoms with Crippen LogP contribution >= 0.6 is 0 Å². The number of aromatic nitrogens is 1. The Labute approximate surface area is 124 Å². The van der Waals surface area contributed by atoms with Gasteiger partial charge >= 0.3 is 0 Å². The van der Waals surface area contributed by atoms with Crippen LogP contribution in [0.25, 0.3) is 10.9 Å². The molecule has 0 bridgehead atoms. The minimum Gasteiger partial charge on any atom is -0.379 e. The average Bonchev–Trinajstić information content (AvgIpc) is 2.89. The predicted octanol–water partition coefficient (Wildman–Crippen LogP) is 2.79. The number of ether oxygens (including phenoxy) is 1. The van der Waals surface area contributed by atoms with Crippen molar-refractivity contribution in [2.45, 2.75) is 38.1 Å². The van der Waals surface area contributed by atoms with E-state index < -0.39 is 0 Å². The van der Waals surface area contributed by atoms with Crippen LogP contribution in [0.5, 0.6) is 0 Å². The van der Waals surface area contributed by atoms with Gasteiger partial charge in [-0.05, 0) is 37.8 Å². The van der Waals surface area contributed by atoms with Crippen molar-refractivity contribution < 1.29 is 9.53 Å². The molecule has 0 radical (unpaired) electrons. The summed E-state index contributed by atoms with van der Waals surface area (Å²) in [6.45, 7) is 3.49. The van der Waals surface area contributed by atoms with E-state index in [1.165, 1.54) is 10.9 Å². The SMILES string of the molecule is CC1(NC(=O)CCc2c[nH]c3ccccc23)CCCOC1. The average molecular weight is 286 g/mol. The zero-order chi connectivity index (χ0) is 14.7. The van der Waals surface area contributed by atoms with Gasteiger partial charge in [-0.15, -0.1) is 0 Å². The molecule has 3 rings (SSSR count). The van der Waals surface area contributed by atoms with Crippen LogP contribution in [0.2, 0.25) is 0 Å². The summed E-state index contributed by atoms with van der Waals surface area (Å²) in [6, 6.07) is 8.19. The molecule has 4 nitrogen and oxygen atoms in total. The maximum atomic E-state index is 12.2. The second-order valence-corrected chi connectivity index (χ2v) is 6.12. The Morgan fingerprint density at radius 1 is 1.43 bits per heavy atom. The van der Waals surface area contributed by atoms with Crippen LogP contribution in [0.4, 0.5) is 0 Å². The van der Waals surface area contributed by atoms with E-state index in [0.717, 1.165) is 31.4 Å². The fourth-order valence-electron chi connectivity index (χ4n) is 3.02. The topological polar surface area (TPSA) is 54.1 Å². The van der Waals surface area contributed by atoms with Gasteiger partial charge in [-0.1, -0.05) is 18.2 Å². The Balaban J connectivity index is 1.58. The number of para-hydroxylation sites is 1. The lowest BCUT2D eigenvalue weighted by Crippen LogP contribution is -2.51. The van der Waals surface area contributed by atoms with Crippen molar-refractivity contribution >= 4 is 16.8 Å². The lowest BCUT2D eigenvalue weighted by atomic mass is 9.94. The summed E-state index contributed by atoms with van der Waals surface area (Å²) in [5.41, 5.74) is 2.13. The van der Waals surface area contributed by atoms with E-state index in [9.17, 15) is 4.79 Å². The van der Waals surface area contributed by atoms with Crippen LogP contribution in [-0.2, 0) is 16.0 Å². The van der Waals surface area contributed by atoms with Gasteiger partial charge in [-0.3, -0.25) is 4.79 Å². The van der Waals surface area contributed by atoms with Gasteiger partial charge in [0.05, 0.1) is 12.1 Å². The van der Waals surface area contributed by atoms with Crippen molar-refractivity contribution in [3.05, 3.63) is 36.0 Å². The highest BCUT2D eigenvalue weighted by Crippen LogP contribution is 2.20. The van der Waals surface area contributed by atoms with Crippen molar-refractivity contribution in [3.63, 3.8) is 0 Å². The Hall–Kier alpha value is -1.81. The molecule has 1 unspecified atom stereocenters. The van der Waals surface area contributed by atoms with Gasteiger partial charge < -0.3 is 15.0 Å². The lowest BCUT2D eigenvalue weighted by molar-refractivity contribution is -0.124. The zero-order valence-electron chi connectivity index (χ0n) is 12.4. The van der Waals surface area contributed by atoms with Gasteiger partial charge in [0.15, 0.2) is 0 Å². The molecular weight excluding hydrogens is 264 g/mol.